The van der Waals surface area contributed by atoms with Gasteiger partial charge in [0.15, 0.2) is 0 Å². The molecule has 0 aliphatic carbocycles. The highest BCUT2D eigenvalue weighted by Crippen LogP contribution is 2.17. The van der Waals surface area contributed by atoms with E-state index in [1.165, 1.54) is 22.0 Å². The summed E-state index contributed by atoms with van der Waals surface area (Å²) in [6.07, 6.45) is 4.69. The van der Waals surface area contributed by atoms with Crippen molar-refractivity contribution in [3.63, 3.8) is 0 Å². The second kappa shape index (κ2) is 5.73. The maximum Gasteiger partial charge on any atom is 0.263 e. The monoisotopic (exact) mass is 317 g/mol. The normalized spacial score (nSPS) is 11.0. The molecular formula is C18H15N5O. The van der Waals surface area contributed by atoms with E-state index >= 15 is 0 Å². The van der Waals surface area contributed by atoms with Gasteiger partial charge in [-0.25, -0.2) is 9.67 Å². The molecule has 0 bridgehead atoms. The van der Waals surface area contributed by atoms with Crippen molar-refractivity contribution >= 4 is 16.9 Å². The number of hydrogen-bond acceptors (Lipinski definition) is 4. The highest BCUT2D eigenvalue weighted by Gasteiger charge is 2.12. The van der Waals surface area contributed by atoms with E-state index < -0.39 is 0 Å². The number of aromatic nitrogens is 5. The molecule has 0 N–H and O–H groups in total. The standard InChI is InChI=1S/C18H15N5O/c1-13-4-2-3-5-15(13)11-23-17-7-6-14(10-16(17)20-21-23)18(24)22-9-8-19-12-22/h2-10,12H,11H2,1H3. The molecule has 2 aromatic heterocycles. The van der Waals surface area contributed by atoms with Gasteiger partial charge in [-0.3, -0.25) is 9.36 Å². The molecule has 4 aromatic rings. The third kappa shape index (κ3) is 2.48. The first kappa shape index (κ1) is 14.3. The van der Waals surface area contributed by atoms with Gasteiger partial charge in [0, 0.05) is 18.0 Å². The van der Waals surface area contributed by atoms with Crippen LogP contribution in [0.2, 0.25) is 0 Å². The van der Waals surface area contributed by atoms with E-state index in [0.29, 0.717) is 17.6 Å². The molecule has 0 atom stereocenters. The number of aryl methyl sites for hydroxylation is 1. The van der Waals surface area contributed by atoms with Crippen LogP contribution in [0, 0.1) is 6.92 Å². The number of rotatable bonds is 3. The molecule has 0 aliphatic rings. The Hall–Kier alpha value is -3.28. The van der Waals surface area contributed by atoms with Gasteiger partial charge < -0.3 is 0 Å². The quantitative estimate of drug-likeness (QED) is 0.583. The lowest BCUT2D eigenvalue weighted by Gasteiger charge is -2.06. The summed E-state index contributed by atoms with van der Waals surface area (Å²) in [5.41, 5.74) is 4.58. The number of carbonyl (C=O) groups excluding carboxylic acids is 1. The number of hydrogen-bond donors (Lipinski definition) is 0. The lowest BCUT2D eigenvalue weighted by atomic mass is 10.1. The van der Waals surface area contributed by atoms with Crippen molar-refractivity contribution in [3.05, 3.63) is 77.9 Å². The third-order valence-electron chi connectivity index (χ3n) is 4.08. The molecule has 0 saturated carbocycles. The Morgan fingerprint density at radius 2 is 2.04 bits per heavy atom. The first-order valence-electron chi connectivity index (χ1n) is 7.63. The van der Waals surface area contributed by atoms with Gasteiger partial charge in [0.1, 0.15) is 11.8 Å². The van der Waals surface area contributed by atoms with E-state index in [-0.39, 0.29) is 5.91 Å². The first-order valence-corrected chi connectivity index (χ1v) is 7.63. The van der Waals surface area contributed by atoms with E-state index in [1.807, 2.05) is 22.9 Å². The van der Waals surface area contributed by atoms with Crippen molar-refractivity contribution in [2.45, 2.75) is 13.5 Å². The van der Waals surface area contributed by atoms with Crippen molar-refractivity contribution in [1.29, 1.82) is 0 Å². The topological polar surface area (TPSA) is 65.6 Å². The Labute approximate surface area is 138 Å². The van der Waals surface area contributed by atoms with Gasteiger partial charge in [0.05, 0.1) is 12.1 Å². The van der Waals surface area contributed by atoms with Crippen LogP contribution in [0.15, 0.2) is 61.2 Å². The minimum atomic E-state index is -0.136. The van der Waals surface area contributed by atoms with Gasteiger partial charge in [-0.2, -0.15) is 0 Å². The third-order valence-corrected chi connectivity index (χ3v) is 4.08. The molecular weight excluding hydrogens is 302 g/mol. The van der Waals surface area contributed by atoms with E-state index in [1.54, 1.807) is 24.5 Å². The van der Waals surface area contributed by atoms with Gasteiger partial charge in [0.25, 0.3) is 5.91 Å². The van der Waals surface area contributed by atoms with Crippen LogP contribution in [0.3, 0.4) is 0 Å². The van der Waals surface area contributed by atoms with Crippen LogP contribution in [0.4, 0.5) is 0 Å². The molecule has 0 saturated heterocycles. The summed E-state index contributed by atoms with van der Waals surface area (Å²) in [6.45, 7) is 2.73. The maximum atomic E-state index is 12.4. The minimum Gasteiger partial charge on any atom is -0.272 e. The predicted molar refractivity (Wildman–Crippen MR) is 89.8 cm³/mol. The zero-order chi connectivity index (χ0) is 16.5. The van der Waals surface area contributed by atoms with E-state index in [4.69, 9.17) is 0 Å². The molecule has 0 unspecified atom stereocenters. The molecule has 24 heavy (non-hydrogen) atoms. The number of nitrogens with zero attached hydrogens (tertiary/aromatic N) is 5. The summed E-state index contributed by atoms with van der Waals surface area (Å²) in [5, 5.41) is 8.44. The molecule has 118 valence electrons. The van der Waals surface area contributed by atoms with Crippen LogP contribution in [0.25, 0.3) is 11.0 Å². The molecule has 2 heterocycles. The molecule has 4 rings (SSSR count). The molecule has 0 spiro atoms. The van der Waals surface area contributed by atoms with Crippen molar-refractivity contribution in [2.24, 2.45) is 0 Å². The summed E-state index contributed by atoms with van der Waals surface area (Å²) in [4.78, 5) is 16.3. The molecule has 6 nitrogen and oxygen atoms in total. The minimum absolute atomic E-state index is 0.136. The fourth-order valence-electron chi connectivity index (χ4n) is 2.70. The van der Waals surface area contributed by atoms with Crippen molar-refractivity contribution in [1.82, 2.24) is 24.5 Å². The summed E-state index contributed by atoms with van der Waals surface area (Å²) in [7, 11) is 0. The van der Waals surface area contributed by atoms with Crippen molar-refractivity contribution in [2.75, 3.05) is 0 Å². The summed E-state index contributed by atoms with van der Waals surface area (Å²) < 4.78 is 3.29. The predicted octanol–water partition coefficient (Wildman–Crippen LogP) is 2.67. The zero-order valence-corrected chi connectivity index (χ0v) is 13.1. The average molecular weight is 317 g/mol. The van der Waals surface area contributed by atoms with Crippen LogP contribution < -0.4 is 0 Å². The molecule has 2 aromatic carbocycles. The van der Waals surface area contributed by atoms with Crippen LogP contribution in [-0.2, 0) is 6.54 Å². The molecule has 0 fully saturated rings. The zero-order valence-electron chi connectivity index (χ0n) is 13.1. The van der Waals surface area contributed by atoms with Crippen LogP contribution in [0.1, 0.15) is 21.5 Å². The molecule has 0 radical (unpaired) electrons. The Morgan fingerprint density at radius 3 is 2.83 bits per heavy atom. The second-order valence-corrected chi connectivity index (χ2v) is 5.65. The number of carbonyl (C=O) groups is 1. The molecule has 0 amide bonds. The van der Waals surface area contributed by atoms with Gasteiger partial charge in [-0.05, 0) is 36.2 Å². The van der Waals surface area contributed by atoms with Gasteiger partial charge in [-0.15, -0.1) is 5.10 Å². The lowest BCUT2D eigenvalue weighted by molar-refractivity contribution is 0.0960. The van der Waals surface area contributed by atoms with Gasteiger partial charge in [0.2, 0.25) is 0 Å². The number of imidazole rings is 1. The fourth-order valence-corrected chi connectivity index (χ4v) is 2.70. The average Bonchev–Trinajstić information content (AvgIpc) is 3.26. The Morgan fingerprint density at radius 1 is 1.17 bits per heavy atom. The van der Waals surface area contributed by atoms with E-state index in [9.17, 15) is 4.79 Å². The van der Waals surface area contributed by atoms with Crippen molar-refractivity contribution < 1.29 is 4.79 Å². The molecule has 6 heteroatoms. The van der Waals surface area contributed by atoms with Crippen LogP contribution in [-0.4, -0.2) is 30.5 Å². The highest BCUT2D eigenvalue weighted by atomic mass is 16.2. The van der Waals surface area contributed by atoms with E-state index in [2.05, 4.69) is 34.4 Å². The fraction of sp³-hybridized carbons (Fsp3) is 0.111. The largest absolute Gasteiger partial charge is 0.272 e. The Bertz CT molecular complexity index is 1020. The Balaban J connectivity index is 1.68. The van der Waals surface area contributed by atoms with E-state index in [0.717, 1.165) is 5.52 Å². The SMILES string of the molecule is Cc1ccccc1Cn1nnc2cc(C(=O)n3ccnc3)ccc21. The number of benzene rings is 2. The molecule has 0 aliphatic heterocycles. The second-order valence-electron chi connectivity index (χ2n) is 5.65. The van der Waals surface area contributed by atoms with Crippen LogP contribution >= 0.6 is 0 Å². The number of fused-ring (bicyclic) bond motifs is 1. The van der Waals surface area contributed by atoms with Crippen molar-refractivity contribution in [3.8, 4) is 0 Å². The van der Waals surface area contributed by atoms with Gasteiger partial charge in [-0.1, -0.05) is 29.5 Å². The van der Waals surface area contributed by atoms with Crippen LogP contribution in [0.5, 0.6) is 0 Å². The Kier molecular flexibility index (Phi) is 3.42. The summed E-state index contributed by atoms with van der Waals surface area (Å²) in [5.74, 6) is -0.136. The maximum absolute atomic E-state index is 12.4. The first-order chi connectivity index (χ1) is 11.7. The summed E-state index contributed by atoms with van der Waals surface area (Å²) in [6, 6.07) is 13.6. The summed E-state index contributed by atoms with van der Waals surface area (Å²) >= 11 is 0. The highest BCUT2D eigenvalue weighted by molar-refractivity contribution is 5.98. The lowest BCUT2D eigenvalue weighted by Crippen LogP contribution is -2.09. The van der Waals surface area contributed by atoms with Gasteiger partial charge >= 0.3 is 0 Å². The smallest absolute Gasteiger partial charge is 0.263 e.